The number of esters is 2. The summed E-state index contributed by atoms with van der Waals surface area (Å²) >= 11 is 0. The standard InChI is InChI=1S/C58H99N7O15/c1-16-38(7)52(64(12)57(73)50(36(3)4)62-56(72)51(37(5)6)63(10)11)45(75-13)33-47(68)65-30-22-26-44(65)53(77-15)39(8)54(70)61-43(32-41-24-19-18-20-25-41)55(71)59-29-23-31-78-58(74)40(9)60-46(67)27-21-28-48(69)79-35-49(76-14)80-42(17-2)34-66/h18-20,24-25,36-40,42-45,49-53,66H,16-17,21-23,26-35H2,1-15H3,(H,59,71)(H,60,67)(H,61,70)(H,62,72)/t38-,39+,40-,42?,43-,44-,45+,49?,50-,51-,52-,53+/m0/s1. The number of ether oxygens (including phenoxy) is 6. The zero-order valence-electron chi connectivity index (χ0n) is 50.6. The van der Waals surface area contributed by atoms with Crippen LogP contribution in [-0.2, 0) is 73.2 Å². The molecule has 22 nitrogen and oxygen atoms in total. The van der Waals surface area contributed by atoms with Crippen molar-refractivity contribution in [1.29, 1.82) is 0 Å². The van der Waals surface area contributed by atoms with Gasteiger partial charge >= 0.3 is 11.9 Å². The molecule has 12 atom stereocenters. The molecule has 1 aliphatic rings. The lowest BCUT2D eigenvalue weighted by atomic mass is 9.89. The van der Waals surface area contributed by atoms with Crippen LogP contribution in [0.5, 0.6) is 0 Å². The van der Waals surface area contributed by atoms with Crippen molar-refractivity contribution in [3.63, 3.8) is 0 Å². The summed E-state index contributed by atoms with van der Waals surface area (Å²) in [5.74, 6) is -4.48. The number of nitrogens with zero attached hydrogens (tertiary/aromatic N) is 3. The maximum atomic E-state index is 14.5. The molecule has 1 aromatic carbocycles. The van der Waals surface area contributed by atoms with E-state index in [0.717, 1.165) is 5.56 Å². The summed E-state index contributed by atoms with van der Waals surface area (Å²) in [6.45, 7) is 16.8. The van der Waals surface area contributed by atoms with Crippen LogP contribution in [0, 0.1) is 23.7 Å². The first-order chi connectivity index (χ1) is 37.9. The van der Waals surface area contributed by atoms with Crippen LogP contribution < -0.4 is 21.3 Å². The molecule has 0 saturated carbocycles. The molecule has 22 heteroatoms. The van der Waals surface area contributed by atoms with Crippen molar-refractivity contribution < 1.29 is 71.9 Å². The quantitative estimate of drug-likeness (QED) is 0.0361. The van der Waals surface area contributed by atoms with Crippen LogP contribution in [0.3, 0.4) is 0 Å². The Morgan fingerprint density at radius 2 is 1.45 bits per heavy atom. The van der Waals surface area contributed by atoms with E-state index in [4.69, 9.17) is 28.4 Å². The van der Waals surface area contributed by atoms with E-state index in [1.165, 1.54) is 28.3 Å². The van der Waals surface area contributed by atoms with Crippen molar-refractivity contribution >= 4 is 47.4 Å². The molecule has 1 fully saturated rings. The van der Waals surface area contributed by atoms with Gasteiger partial charge in [0.2, 0.25) is 35.4 Å². The van der Waals surface area contributed by atoms with Crippen molar-refractivity contribution in [1.82, 2.24) is 36.0 Å². The smallest absolute Gasteiger partial charge is 0.328 e. The second-order valence-electron chi connectivity index (χ2n) is 21.9. The second kappa shape index (κ2) is 37.0. The van der Waals surface area contributed by atoms with Gasteiger partial charge in [0, 0.05) is 60.7 Å². The highest BCUT2D eigenvalue weighted by Gasteiger charge is 2.44. The molecular formula is C58H99N7O15. The first-order valence-corrected chi connectivity index (χ1v) is 28.5. The van der Waals surface area contributed by atoms with Crippen molar-refractivity contribution in [2.45, 2.75) is 187 Å². The van der Waals surface area contributed by atoms with Gasteiger partial charge in [0.05, 0.1) is 62.0 Å². The number of likely N-dealkylation sites (N-methyl/N-ethyl adjacent to an activating group) is 2. The fourth-order valence-electron chi connectivity index (χ4n) is 10.1. The summed E-state index contributed by atoms with van der Waals surface area (Å²) in [6.07, 6.45) is 0.111. The molecule has 0 radical (unpaired) electrons. The average molecular weight is 1130 g/mol. The number of amides is 6. The summed E-state index contributed by atoms with van der Waals surface area (Å²) in [6, 6.07) is 4.97. The van der Waals surface area contributed by atoms with Gasteiger partial charge in [-0.15, -0.1) is 0 Å². The molecule has 5 N–H and O–H groups in total. The number of carbonyl (C=O) groups excluding carboxylic acids is 8. The Labute approximate surface area is 476 Å². The predicted octanol–water partition coefficient (Wildman–Crippen LogP) is 3.39. The van der Waals surface area contributed by atoms with Gasteiger partial charge in [-0.3, -0.25) is 38.5 Å². The van der Waals surface area contributed by atoms with Gasteiger partial charge in [-0.05, 0) is 76.4 Å². The molecule has 80 heavy (non-hydrogen) atoms. The molecule has 1 heterocycles. The van der Waals surface area contributed by atoms with E-state index < -0.39 is 96.4 Å². The van der Waals surface area contributed by atoms with Crippen LogP contribution in [0.1, 0.15) is 126 Å². The summed E-state index contributed by atoms with van der Waals surface area (Å²) in [5.41, 5.74) is 0.802. The van der Waals surface area contributed by atoms with Crippen LogP contribution in [0.15, 0.2) is 30.3 Å². The molecule has 2 rings (SSSR count). The molecule has 1 aliphatic heterocycles. The Kier molecular flexibility index (Phi) is 32.7. The van der Waals surface area contributed by atoms with E-state index >= 15 is 0 Å². The van der Waals surface area contributed by atoms with Crippen LogP contribution in [-0.4, -0.2) is 203 Å². The van der Waals surface area contributed by atoms with E-state index in [1.807, 2.05) is 97.8 Å². The molecule has 0 spiro atoms. The van der Waals surface area contributed by atoms with Gasteiger partial charge in [0.25, 0.3) is 0 Å². The normalized spacial score (nSPS) is 17.7. The third kappa shape index (κ3) is 22.9. The number of methoxy groups -OCH3 is 3. The third-order valence-electron chi connectivity index (χ3n) is 14.9. The molecule has 0 bridgehead atoms. The SMILES string of the molecule is CCC(CO)OC(COC(=O)CCCC(=O)N[C@@H](C)C(=O)OCCCNC(=O)[C@H](Cc1ccccc1)NC(=O)[C@H](C)[C@@H](OC)[C@@H]1CCCN1C(=O)C[C@@H](OC)[C@H]([C@@H](C)CC)N(C)C(=O)[C@@H](NC(=O)[C@H](C(C)C)N(C)C)C(C)C)OC. The maximum absolute atomic E-state index is 14.5. The highest BCUT2D eigenvalue weighted by molar-refractivity contribution is 5.91. The van der Waals surface area contributed by atoms with Crippen LogP contribution >= 0.6 is 0 Å². The topological polar surface area (TPSA) is 270 Å². The maximum Gasteiger partial charge on any atom is 0.328 e. The number of rotatable bonds is 38. The zero-order valence-corrected chi connectivity index (χ0v) is 50.6. The Morgan fingerprint density at radius 1 is 0.775 bits per heavy atom. The Bertz CT molecular complexity index is 2050. The van der Waals surface area contributed by atoms with Crippen LogP contribution in [0.25, 0.3) is 0 Å². The molecule has 0 aromatic heterocycles. The minimum Gasteiger partial charge on any atom is -0.464 e. The predicted molar refractivity (Wildman–Crippen MR) is 301 cm³/mol. The van der Waals surface area contributed by atoms with Crippen LogP contribution in [0.2, 0.25) is 0 Å². The molecule has 456 valence electrons. The van der Waals surface area contributed by atoms with Gasteiger partial charge in [-0.25, -0.2) is 4.79 Å². The number of nitrogens with one attached hydrogen (secondary N) is 4. The minimum absolute atomic E-state index is 0.00492. The lowest BCUT2D eigenvalue weighted by Gasteiger charge is -2.41. The molecule has 1 aromatic rings. The number of hydrogen-bond acceptors (Lipinski definition) is 16. The number of benzene rings is 1. The Morgan fingerprint density at radius 3 is 2.01 bits per heavy atom. The summed E-state index contributed by atoms with van der Waals surface area (Å²) in [7, 11) is 9.79. The first kappa shape index (κ1) is 70.8. The fraction of sp³-hybridized carbons (Fsp3) is 0.759. The van der Waals surface area contributed by atoms with Gasteiger partial charge in [0.1, 0.15) is 24.7 Å². The lowest BCUT2D eigenvalue weighted by Crippen LogP contribution is -2.59. The van der Waals surface area contributed by atoms with Crippen molar-refractivity contribution in [2.24, 2.45) is 23.7 Å². The van der Waals surface area contributed by atoms with Gasteiger partial charge in [-0.1, -0.05) is 92.1 Å². The Hall–Kier alpha value is -5.26. The lowest BCUT2D eigenvalue weighted by molar-refractivity contribution is -0.194. The van der Waals surface area contributed by atoms with Gasteiger partial charge < -0.3 is 64.6 Å². The highest BCUT2D eigenvalue weighted by Crippen LogP contribution is 2.30. The molecule has 0 aliphatic carbocycles. The van der Waals surface area contributed by atoms with Crippen molar-refractivity contribution in [2.75, 3.05) is 75.4 Å². The summed E-state index contributed by atoms with van der Waals surface area (Å²) in [4.78, 5) is 113. The summed E-state index contributed by atoms with van der Waals surface area (Å²) < 4.78 is 33.3. The van der Waals surface area contributed by atoms with Gasteiger partial charge in [0.15, 0.2) is 6.29 Å². The van der Waals surface area contributed by atoms with E-state index in [2.05, 4.69) is 21.3 Å². The molecular weight excluding hydrogens is 1030 g/mol. The van der Waals surface area contributed by atoms with E-state index in [1.54, 1.807) is 23.8 Å². The van der Waals surface area contributed by atoms with Crippen LogP contribution in [0.4, 0.5) is 0 Å². The van der Waals surface area contributed by atoms with Crippen molar-refractivity contribution in [3.05, 3.63) is 35.9 Å². The number of carbonyl (C=O) groups is 8. The van der Waals surface area contributed by atoms with E-state index in [0.29, 0.717) is 32.2 Å². The van der Waals surface area contributed by atoms with Gasteiger partial charge in [-0.2, -0.15) is 0 Å². The minimum atomic E-state index is -1.000. The molecule has 2 unspecified atom stereocenters. The largest absolute Gasteiger partial charge is 0.464 e. The van der Waals surface area contributed by atoms with E-state index in [9.17, 15) is 43.5 Å². The second-order valence-corrected chi connectivity index (χ2v) is 21.9. The number of likely N-dealkylation sites (tertiary alicyclic amines) is 1. The Balaban J connectivity index is 2.07. The molecule has 6 amide bonds. The summed E-state index contributed by atoms with van der Waals surface area (Å²) in [5, 5.41) is 20.7. The highest BCUT2D eigenvalue weighted by atomic mass is 16.7. The number of aliphatic hydroxyl groups is 1. The average Bonchev–Trinajstić information content (AvgIpc) is 3.92. The number of aliphatic hydroxyl groups excluding tert-OH is 1. The fourth-order valence-corrected chi connectivity index (χ4v) is 10.1. The third-order valence-corrected chi connectivity index (χ3v) is 14.9. The molecule has 1 saturated heterocycles. The first-order valence-electron chi connectivity index (χ1n) is 28.5. The van der Waals surface area contributed by atoms with E-state index in [-0.39, 0.29) is 100 Å². The zero-order chi connectivity index (χ0) is 60.2. The monoisotopic (exact) mass is 1130 g/mol. The number of hydrogen-bond donors (Lipinski definition) is 5. The van der Waals surface area contributed by atoms with Crippen molar-refractivity contribution in [3.8, 4) is 0 Å².